The van der Waals surface area contributed by atoms with Gasteiger partial charge in [-0.25, -0.2) is 4.31 Å². The van der Waals surface area contributed by atoms with E-state index in [1.807, 2.05) is 45.0 Å². The number of benzene rings is 2. The number of hydrogen-bond acceptors (Lipinski definition) is 3. The van der Waals surface area contributed by atoms with E-state index < -0.39 is 10.2 Å². The second-order valence-electron chi connectivity index (χ2n) is 9.25. The summed E-state index contributed by atoms with van der Waals surface area (Å²) < 4.78 is 28.3. The van der Waals surface area contributed by atoms with Crippen molar-refractivity contribution in [2.24, 2.45) is 0 Å². The van der Waals surface area contributed by atoms with Crippen molar-refractivity contribution in [2.75, 3.05) is 24.9 Å². The molecule has 0 fully saturated rings. The number of carbonyl (C=O) groups excluding carboxylic acids is 1. The molecule has 2 rings (SSSR count). The molecule has 0 heterocycles. The predicted octanol–water partition coefficient (Wildman–Crippen LogP) is 4.09. The van der Waals surface area contributed by atoms with Gasteiger partial charge in [-0.15, -0.1) is 0 Å². The minimum atomic E-state index is -3.84. The van der Waals surface area contributed by atoms with Crippen LogP contribution in [-0.2, 0) is 20.4 Å². The topological polar surface area (TPSA) is 69.7 Å². The van der Waals surface area contributed by atoms with Gasteiger partial charge in [0.25, 0.3) is 0 Å². The molecular weight excluding hydrogens is 410 g/mol. The first kappa shape index (κ1) is 24.9. The lowest BCUT2D eigenvalue weighted by Gasteiger charge is -2.29. The van der Waals surface area contributed by atoms with E-state index in [4.69, 9.17) is 0 Å². The summed E-state index contributed by atoms with van der Waals surface area (Å²) in [6.45, 7) is 11.8. The minimum absolute atomic E-state index is 0.0533. The van der Waals surface area contributed by atoms with Gasteiger partial charge in [0.05, 0.1) is 11.7 Å². The molecule has 0 radical (unpaired) electrons. The van der Waals surface area contributed by atoms with Crippen molar-refractivity contribution in [2.45, 2.75) is 53.0 Å². The number of nitrogens with one attached hydrogen (secondary N) is 1. The molecule has 6 nitrogen and oxygen atoms in total. The minimum Gasteiger partial charge on any atom is -0.348 e. The van der Waals surface area contributed by atoms with Crippen molar-refractivity contribution in [3.8, 4) is 0 Å². The van der Waals surface area contributed by atoms with Gasteiger partial charge in [-0.3, -0.25) is 4.79 Å². The van der Waals surface area contributed by atoms with Crippen LogP contribution in [0.3, 0.4) is 0 Å². The van der Waals surface area contributed by atoms with Crippen LogP contribution in [0.25, 0.3) is 0 Å². The summed E-state index contributed by atoms with van der Waals surface area (Å²) in [7, 11) is -0.917. The van der Waals surface area contributed by atoms with Gasteiger partial charge in [0.15, 0.2) is 0 Å². The molecule has 1 atom stereocenters. The zero-order valence-corrected chi connectivity index (χ0v) is 20.7. The van der Waals surface area contributed by atoms with Gasteiger partial charge in [0.1, 0.15) is 6.54 Å². The molecule has 1 N–H and O–H groups in total. The molecule has 2 aromatic rings. The van der Waals surface area contributed by atoms with E-state index in [0.717, 1.165) is 21.0 Å². The Morgan fingerprint density at radius 3 is 2.13 bits per heavy atom. The molecule has 0 unspecified atom stereocenters. The lowest BCUT2D eigenvalue weighted by molar-refractivity contribution is -0.120. The fourth-order valence-electron chi connectivity index (χ4n) is 3.25. The molecule has 0 aromatic heterocycles. The number of amides is 1. The molecule has 1 amide bonds. The van der Waals surface area contributed by atoms with Gasteiger partial charge >= 0.3 is 10.2 Å². The lowest BCUT2D eigenvalue weighted by atomic mass is 9.86. The monoisotopic (exact) mass is 445 g/mol. The number of rotatable bonds is 7. The van der Waals surface area contributed by atoms with Crippen LogP contribution in [0.2, 0.25) is 0 Å². The van der Waals surface area contributed by atoms with Crippen molar-refractivity contribution in [1.82, 2.24) is 9.62 Å². The van der Waals surface area contributed by atoms with Gasteiger partial charge in [0.2, 0.25) is 5.91 Å². The van der Waals surface area contributed by atoms with Crippen LogP contribution in [0.1, 0.15) is 56.0 Å². The van der Waals surface area contributed by atoms with E-state index in [9.17, 15) is 13.2 Å². The highest BCUT2D eigenvalue weighted by Gasteiger charge is 2.29. The number of aryl methyl sites for hydroxylation is 2. The maximum atomic E-state index is 13.0. The Hall–Kier alpha value is -2.38. The van der Waals surface area contributed by atoms with E-state index in [1.165, 1.54) is 24.0 Å². The molecule has 0 aliphatic rings. The molecule has 7 heteroatoms. The molecule has 0 aliphatic carbocycles. The Labute approximate surface area is 187 Å². The SMILES string of the molecule is Cc1ccc(C)c(N(CC(=O)N[C@@H](C)c2ccc(C(C)(C)C)cc2)S(=O)(=O)N(C)C)c1. The summed E-state index contributed by atoms with van der Waals surface area (Å²) in [6, 6.07) is 13.5. The summed E-state index contributed by atoms with van der Waals surface area (Å²) >= 11 is 0. The summed E-state index contributed by atoms with van der Waals surface area (Å²) in [5.74, 6) is -0.362. The van der Waals surface area contributed by atoms with Crippen molar-refractivity contribution < 1.29 is 13.2 Å². The van der Waals surface area contributed by atoms with Gasteiger partial charge < -0.3 is 5.32 Å². The van der Waals surface area contributed by atoms with Crippen LogP contribution >= 0.6 is 0 Å². The molecule has 31 heavy (non-hydrogen) atoms. The van der Waals surface area contributed by atoms with E-state index in [0.29, 0.717) is 5.69 Å². The van der Waals surface area contributed by atoms with Crippen molar-refractivity contribution in [1.29, 1.82) is 0 Å². The standard InChI is InChI=1S/C24H35N3O3S/c1-17-9-10-18(2)22(15-17)27(31(29,30)26(7)8)16-23(28)25-19(3)20-11-13-21(14-12-20)24(4,5)6/h9-15,19H,16H2,1-8H3,(H,25,28)/t19-/m0/s1. The Balaban J connectivity index is 2.25. The first-order valence-electron chi connectivity index (χ1n) is 10.4. The van der Waals surface area contributed by atoms with Crippen LogP contribution in [0.15, 0.2) is 42.5 Å². The number of hydrogen-bond donors (Lipinski definition) is 1. The average Bonchev–Trinajstić information content (AvgIpc) is 2.67. The zero-order valence-electron chi connectivity index (χ0n) is 19.9. The third-order valence-electron chi connectivity index (χ3n) is 5.31. The normalized spacial score (nSPS) is 13.2. The predicted molar refractivity (Wildman–Crippen MR) is 128 cm³/mol. The quantitative estimate of drug-likeness (QED) is 0.698. The Morgan fingerprint density at radius 1 is 1.03 bits per heavy atom. The third kappa shape index (κ3) is 6.08. The Morgan fingerprint density at radius 2 is 1.61 bits per heavy atom. The molecule has 2 aromatic carbocycles. The molecule has 0 aliphatic heterocycles. The molecule has 170 valence electrons. The number of carbonyl (C=O) groups is 1. The van der Waals surface area contributed by atoms with E-state index >= 15 is 0 Å². The Kier molecular flexibility index (Phi) is 7.55. The smallest absolute Gasteiger partial charge is 0.304 e. The second kappa shape index (κ2) is 9.40. The maximum absolute atomic E-state index is 13.0. The fourth-order valence-corrected chi connectivity index (χ4v) is 4.37. The average molecular weight is 446 g/mol. The van der Waals surface area contributed by atoms with Crippen molar-refractivity contribution >= 4 is 21.8 Å². The highest BCUT2D eigenvalue weighted by atomic mass is 32.2. The fraction of sp³-hybridized carbons (Fsp3) is 0.458. The summed E-state index contributed by atoms with van der Waals surface area (Å²) in [4.78, 5) is 12.9. The maximum Gasteiger partial charge on any atom is 0.304 e. The van der Waals surface area contributed by atoms with Gasteiger partial charge in [0, 0.05) is 14.1 Å². The largest absolute Gasteiger partial charge is 0.348 e. The third-order valence-corrected chi connectivity index (χ3v) is 7.12. The second-order valence-corrected chi connectivity index (χ2v) is 11.3. The highest BCUT2D eigenvalue weighted by Crippen LogP contribution is 2.26. The van der Waals surface area contributed by atoms with Crippen LogP contribution < -0.4 is 9.62 Å². The number of nitrogens with zero attached hydrogens (tertiary/aromatic N) is 2. The molecule has 0 bridgehead atoms. The van der Waals surface area contributed by atoms with Gasteiger partial charge in [-0.05, 0) is 54.5 Å². The highest BCUT2D eigenvalue weighted by molar-refractivity contribution is 7.90. The van der Waals surface area contributed by atoms with Crippen molar-refractivity contribution in [3.63, 3.8) is 0 Å². The summed E-state index contributed by atoms with van der Waals surface area (Å²) in [5, 5.41) is 2.94. The first-order valence-corrected chi connectivity index (χ1v) is 11.8. The Bertz CT molecular complexity index is 1020. The van der Waals surface area contributed by atoms with Gasteiger partial charge in [-0.1, -0.05) is 57.2 Å². The van der Waals surface area contributed by atoms with E-state index in [1.54, 1.807) is 6.07 Å². The first-order chi connectivity index (χ1) is 14.2. The van der Waals surface area contributed by atoms with E-state index in [2.05, 4.69) is 38.2 Å². The van der Waals surface area contributed by atoms with E-state index in [-0.39, 0.29) is 23.9 Å². The number of anilines is 1. The molecule has 0 saturated carbocycles. The van der Waals surface area contributed by atoms with Crippen LogP contribution in [0, 0.1) is 13.8 Å². The van der Waals surface area contributed by atoms with Crippen LogP contribution in [-0.4, -0.2) is 39.3 Å². The summed E-state index contributed by atoms with van der Waals surface area (Å²) in [6.07, 6.45) is 0. The van der Waals surface area contributed by atoms with Crippen molar-refractivity contribution in [3.05, 3.63) is 64.7 Å². The van der Waals surface area contributed by atoms with Crippen LogP contribution in [0.5, 0.6) is 0 Å². The van der Waals surface area contributed by atoms with Crippen LogP contribution in [0.4, 0.5) is 5.69 Å². The zero-order chi connectivity index (χ0) is 23.6. The molecular formula is C24H35N3O3S. The van der Waals surface area contributed by atoms with Gasteiger partial charge in [-0.2, -0.15) is 12.7 Å². The molecule has 0 saturated heterocycles. The molecule has 0 spiro atoms. The lowest BCUT2D eigenvalue weighted by Crippen LogP contribution is -2.46. The summed E-state index contributed by atoms with van der Waals surface area (Å²) in [5.41, 5.74) is 4.45.